The van der Waals surface area contributed by atoms with E-state index in [1.807, 2.05) is 54.6 Å². The molecule has 0 saturated carbocycles. The van der Waals surface area contributed by atoms with Gasteiger partial charge in [0.15, 0.2) is 0 Å². The number of carbonyl (C=O) groups is 1. The number of para-hydroxylation sites is 1. The normalized spacial score (nSPS) is 11.7. The predicted molar refractivity (Wildman–Crippen MR) is 81.1 cm³/mol. The maximum Gasteiger partial charge on any atom is 0.226 e. The summed E-state index contributed by atoms with van der Waals surface area (Å²) in [5, 5.41) is 15.1. The number of amides is 1. The number of anilines is 3. The zero-order valence-corrected chi connectivity index (χ0v) is 11.3. The smallest absolute Gasteiger partial charge is 0.226 e. The number of aliphatic hydroxyl groups is 1. The summed E-state index contributed by atoms with van der Waals surface area (Å²) in [6.07, 6.45) is -0.529. The molecule has 0 aliphatic carbocycles. The lowest BCUT2D eigenvalue weighted by Crippen LogP contribution is -2.17. The Morgan fingerprint density at radius 1 is 1.00 bits per heavy atom. The molecule has 1 amide bonds. The van der Waals surface area contributed by atoms with Crippen LogP contribution in [0.25, 0.3) is 0 Å². The molecule has 2 aromatic rings. The monoisotopic (exact) mass is 270 g/mol. The van der Waals surface area contributed by atoms with Crippen LogP contribution in [0.1, 0.15) is 13.3 Å². The molecule has 0 fully saturated rings. The highest BCUT2D eigenvalue weighted by Crippen LogP contribution is 2.18. The lowest BCUT2D eigenvalue weighted by Gasteiger charge is -2.09. The van der Waals surface area contributed by atoms with Gasteiger partial charge < -0.3 is 15.7 Å². The van der Waals surface area contributed by atoms with Gasteiger partial charge in [-0.2, -0.15) is 0 Å². The van der Waals surface area contributed by atoms with E-state index in [9.17, 15) is 4.79 Å². The van der Waals surface area contributed by atoms with Gasteiger partial charge in [-0.05, 0) is 43.3 Å². The third-order valence-electron chi connectivity index (χ3n) is 2.71. The van der Waals surface area contributed by atoms with Crippen molar-refractivity contribution < 1.29 is 9.90 Å². The van der Waals surface area contributed by atoms with Crippen LogP contribution in [0.3, 0.4) is 0 Å². The van der Waals surface area contributed by atoms with Crippen LogP contribution >= 0.6 is 0 Å². The van der Waals surface area contributed by atoms with Gasteiger partial charge in [0.2, 0.25) is 5.91 Å². The molecule has 1 atom stereocenters. The number of rotatable bonds is 5. The van der Waals surface area contributed by atoms with Crippen LogP contribution in [0.5, 0.6) is 0 Å². The highest BCUT2D eigenvalue weighted by atomic mass is 16.3. The molecular weight excluding hydrogens is 252 g/mol. The minimum atomic E-state index is -0.631. The third-order valence-corrected chi connectivity index (χ3v) is 2.71. The van der Waals surface area contributed by atoms with Crippen molar-refractivity contribution in [3.63, 3.8) is 0 Å². The summed E-state index contributed by atoms with van der Waals surface area (Å²) in [5.74, 6) is -0.191. The van der Waals surface area contributed by atoms with Gasteiger partial charge in [-0.1, -0.05) is 18.2 Å². The van der Waals surface area contributed by atoms with Crippen LogP contribution in [0.15, 0.2) is 54.6 Å². The zero-order valence-electron chi connectivity index (χ0n) is 11.3. The Bertz CT molecular complexity index is 550. The first kappa shape index (κ1) is 14.1. The third kappa shape index (κ3) is 4.40. The molecule has 0 aliphatic heterocycles. The zero-order chi connectivity index (χ0) is 14.4. The van der Waals surface area contributed by atoms with Crippen LogP contribution in [0, 0.1) is 0 Å². The SMILES string of the molecule is CC(O)CC(=O)Nc1ccc(Nc2ccccc2)cc1. The Balaban J connectivity index is 1.94. The van der Waals surface area contributed by atoms with Gasteiger partial charge in [-0.25, -0.2) is 0 Å². The molecule has 0 radical (unpaired) electrons. The Morgan fingerprint density at radius 2 is 1.55 bits per heavy atom. The van der Waals surface area contributed by atoms with Gasteiger partial charge >= 0.3 is 0 Å². The Kier molecular flexibility index (Phi) is 4.74. The molecule has 20 heavy (non-hydrogen) atoms. The molecule has 2 aromatic carbocycles. The number of carbonyl (C=O) groups excluding carboxylic acids is 1. The summed E-state index contributed by atoms with van der Waals surface area (Å²) in [4.78, 5) is 11.5. The average Bonchev–Trinajstić information content (AvgIpc) is 2.41. The molecule has 0 heterocycles. The maximum absolute atomic E-state index is 11.5. The van der Waals surface area contributed by atoms with E-state index in [1.54, 1.807) is 6.92 Å². The van der Waals surface area contributed by atoms with E-state index in [4.69, 9.17) is 5.11 Å². The van der Waals surface area contributed by atoms with Gasteiger partial charge in [-0.3, -0.25) is 4.79 Å². The summed E-state index contributed by atoms with van der Waals surface area (Å²) in [7, 11) is 0. The molecule has 1 unspecified atom stereocenters. The summed E-state index contributed by atoms with van der Waals surface area (Å²) in [6, 6.07) is 17.3. The number of nitrogens with one attached hydrogen (secondary N) is 2. The number of aliphatic hydroxyl groups excluding tert-OH is 1. The Labute approximate surface area is 118 Å². The first-order valence-electron chi connectivity index (χ1n) is 6.53. The molecular formula is C16H18N2O2. The second-order valence-corrected chi connectivity index (χ2v) is 4.67. The van der Waals surface area contributed by atoms with Crippen molar-refractivity contribution in [1.82, 2.24) is 0 Å². The fourth-order valence-corrected chi connectivity index (χ4v) is 1.81. The van der Waals surface area contributed by atoms with Gasteiger partial charge in [0.25, 0.3) is 0 Å². The topological polar surface area (TPSA) is 61.4 Å². The van der Waals surface area contributed by atoms with E-state index in [1.165, 1.54) is 0 Å². The van der Waals surface area contributed by atoms with Gasteiger partial charge in [-0.15, -0.1) is 0 Å². The second-order valence-electron chi connectivity index (χ2n) is 4.67. The molecule has 0 aromatic heterocycles. The van der Waals surface area contributed by atoms with Crippen molar-refractivity contribution in [2.45, 2.75) is 19.4 Å². The molecule has 0 spiro atoms. The lowest BCUT2D eigenvalue weighted by molar-refractivity contribution is -0.117. The van der Waals surface area contributed by atoms with E-state index in [2.05, 4.69) is 10.6 Å². The quantitative estimate of drug-likeness (QED) is 0.782. The van der Waals surface area contributed by atoms with Crippen LogP contribution in [-0.2, 0) is 4.79 Å². The second kappa shape index (κ2) is 6.73. The largest absolute Gasteiger partial charge is 0.393 e. The van der Waals surface area contributed by atoms with E-state index in [0.717, 1.165) is 11.4 Å². The standard InChI is InChI=1S/C16H18N2O2/c1-12(19)11-16(20)18-15-9-7-14(8-10-15)17-13-5-3-2-4-6-13/h2-10,12,17,19H,11H2,1H3,(H,18,20). The fourth-order valence-electron chi connectivity index (χ4n) is 1.81. The molecule has 104 valence electrons. The van der Waals surface area contributed by atoms with Gasteiger partial charge in [0, 0.05) is 17.1 Å². The molecule has 2 rings (SSSR count). The summed E-state index contributed by atoms with van der Waals surface area (Å²) in [6.45, 7) is 1.59. The van der Waals surface area contributed by atoms with Crippen LogP contribution < -0.4 is 10.6 Å². The first-order valence-corrected chi connectivity index (χ1v) is 6.53. The highest BCUT2D eigenvalue weighted by molar-refractivity contribution is 5.91. The lowest BCUT2D eigenvalue weighted by atomic mass is 10.2. The van der Waals surface area contributed by atoms with Crippen molar-refractivity contribution in [2.24, 2.45) is 0 Å². The summed E-state index contributed by atoms with van der Waals surface area (Å²) < 4.78 is 0. The molecule has 4 heteroatoms. The van der Waals surface area contributed by atoms with Crippen molar-refractivity contribution in [3.8, 4) is 0 Å². The van der Waals surface area contributed by atoms with E-state index >= 15 is 0 Å². The van der Waals surface area contributed by atoms with Crippen LogP contribution in [0.2, 0.25) is 0 Å². The Hall–Kier alpha value is -2.33. The van der Waals surface area contributed by atoms with Crippen LogP contribution in [-0.4, -0.2) is 17.1 Å². The first-order chi connectivity index (χ1) is 9.63. The van der Waals surface area contributed by atoms with Gasteiger partial charge in [0.1, 0.15) is 0 Å². The van der Waals surface area contributed by atoms with Crippen molar-refractivity contribution in [1.29, 1.82) is 0 Å². The molecule has 4 nitrogen and oxygen atoms in total. The maximum atomic E-state index is 11.5. The Morgan fingerprint density at radius 3 is 2.15 bits per heavy atom. The predicted octanol–water partition coefficient (Wildman–Crippen LogP) is 3.14. The van der Waals surface area contributed by atoms with E-state index in [0.29, 0.717) is 5.69 Å². The molecule has 0 saturated heterocycles. The van der Waals surface area contributed by atoms with Gasteiger partial charge in [0.05, 0.1) is 12.5 Å². The number of hydrogen-bond acceptors (Lipinski definition) is 3. The minimum absolute atomic E-state index is 0.101. The number of hydrogen-bond donors (Lipinski definition) is 3. The van der Waals surface area contributed by atoms with E-state index < -0.39 is 6.10 Å². The molecule has 0 aliphatic rings. The summed E-state index contributed by atoms with van der Waals surface area (Å²) >= 11 is 0. The van der Waals surface area contributed by atoms with E-state index in [-0.39, 0.29) is 12.3 Å². The number of benzene rings is 2. The van der Waals surface area contributed by atoms with Crippen LogP contribution in [0.4, 0.5) is 17.1 Å². The van der Waals surface area contributed by atoms with Crippen molar-refractivity contribution in [2.75, 3.05) is 10.6 Å². The van der Waals surface area contributed by atoms with Crippen molar-refractivity contribution in [3.05, 3.63) is 54.6 Å². The minimum Gasteiger partial charge on any atom is -0.393 e. The van der Waals surface area contributed by atoms with Crippen molar-refractivity contribution >= 4 is 23.0 Å². The molecule has 3 N–H and O–H groups in total. The average molecular weight is 270 g/mol. The molecule has 0 bridgehead atoms. The highest BCUT2D eigenvalue weighted by Gasteiger charge is 2.06. The summed E-state index contributed by atoms with van der Waals surface area (Å²) in [5.41, 5.74) is 2.68. The fraction of sp³-hybridized carbons (Fsp3) is 0.188.